The summed E-state index contributed by atoms with van der Waals surface area (Å²) in [4.78, 5) is 11.8. The Kier molecular flexibility index (Phi) is 7.00. The molecule has 0 aliphatic carbocycles. The van der Waals surface area contributed by atoms with Crippen LogP contribution in [0.5, 0.6) is 0 Å². The molecular formula is C29H30N4O2. The fraction of sp³-hybridized carbons (Fsp3) is 0.276. The van der Waals surface area contributed by atoms with E-state index in [0.29, 0.717) is 44.4 Å². The third-order valence-electron chi connectivity index (χ3n) is 6.48. The molecule has 0 saturated heterocycles. The number of hydrogen-bond donors (Lipinski definition) is 0. The number of ether oxygens (including phenoxy) is 1. The van der Waals surface area contributed by atoms with Crippen molar-refractivity contribution in [1.82, 2.24) is 15.0 Å². The number of aromatic nitrogens is 2. The van der Waals surface area contributed by atoms with Crippen molar-refractivity contribution in [2.75, 3.05) is 26.3 Å². The average molecular weight is 467 g/mol. The summed E-state index contributed by atoms with van der Waals surface area (Å²) in [5.74, 6) is 1.29. The fourth-order valence-corrected chi connectivity index (χ4v) is 4.87. The van der Waals surface area contributed by atoms with Gasteiger partial charge in [0.1, 0.15) is 5.54 Å². The lowest BCUT2D eigenvalue weighted by Gasteiger charge is -2.46. The van der Waals surface area contributed by atoms with E-state index in [2.05, 4.69) is 106 Å². The monoisotopic (exact) mass is 466 g/mol. The minimum absolute atomic E-state index is 0.0103. The summed E-state index contributed by atoms with van der Waals surface area (Å²) in [6.07, 6.45) is 2.62. The van der Waals surface area contributed by atoms with Crippen LogP contribution in [0.1, 0.15) is 41.2 Å². The van der Waals surface area contributed by atoms with Crippen LogP contribution in [0.2, 0.25) is 0 Å². The summed E-state index contributed by atoms with van der Waals surface area (Å²) in [5, 5.41) is 4.19. The van der Waals surface area contributed by atoms with Gasteiger partial charge in [0.05, 0.1) is 25.4 Å². The largest absolute Gasteiger partial charge is 0.381 e. The Labute approximate surface area is 206 Å². The highest BCUT2D eigenvalue weighted by Crippen LogP contribution is 2.43. The van der Waals surface area contributed by atoms with Crippen LogP contribution < -0.4 is 0 Å². The molecule has 2 heterocycles. The molecule has 6 nitrogen and oxygen atoms in total. The Morgan fingerprint density at radius 3 is 2.00 bits per heavy atom. The smallest absolute Gasteiger partial charge is 0.233 e. The van der Waals surface area contributed by atoms with Gasteiger partial charge in [-0.3, -0.25) is 4.99 Å². The third kappa shape index (κ3) is 4.62. The molecule has 0 bridgehead atoms. The van der Waals surface area contributed by atoms with E-state index >= 15 is 0 Å². The summed E-state index contributed by atoms with van der Waals surface area (Å²) in [6, 6.07) is 31.9. The van der Waals surface area contributed by atoms with Crippen LogP contribution in [0.25, 0.3) is 0 Å². The van der Waals surface area contributed by atoms with Crippen LogP contribution in [0.3, 0.4) is 0 Å². The van der Waals surface area contributed by atoms with Gasteiger partial charge in [-0.05, 0) is 23.6 Å². The first-order chi connectivity index (χ1) is 17.3. The fourth-order valence-electron chi connectivity index (χ4n) is 4.87. The van der Waals surface area contributed by atoms with Crippen LogP contribution >= 0.6 is 0 Å². The second-order valence-corrected chi connectivity index (χ2v) is 8.63. The van der Waals surface area contributed by atoms with Crippen molar-refractivity contribution in [2.24, 2.45) is 4.99 Å². The van der Waals surface area contributed by atoms with Gasteiger partial charge in [-0.15, -0.1) is 0 Å². The highest BCUT2D eigenvalue weighted by Gasteiger charge is 2.43. The van der Waals surface area contributed by atoms with E-state index in [0.717, 1.165) is 0 Å². The van der Waals surface area contributed by atoms with Crippen molar-refractivity contribution < 1.29 is 9.26 Å². The first-order valence-electron chi connectivity index (χ1n) is 12.2. The summed E-state index contributed by atoms with van der Waals surface area (Å²) in [5.41, 5.74) is 2.95. The highest BCUT2D eigenvalue weighted by atomic mass is 16.5. The van der Waals surface area contributed by atoms with Crippen LogP contribution in [0.4, 0.5) is 0 Å². The second kappa shape index (κ2) is 10.7. The van der Waals surface area contributed by atoms with E-state index in [1.807, 2.05) is 13.3 Å². The van der Waals surface area contributed by atoms with Gasteiger partial charge in [-0.25, -0.2) is 0 Å². The van der Waals surface area contributed by atoms with Crippen LogP contribution in [0, 0.1) is 0 Å². The van der Waals surface area contributed by atoms with Crippen LogP contribution in [0.15, 0.2) is 101 Å². The molecular weight excluding hydrogens is 436 g/mol. The second-order valence-electron chi connectivity index (χ2n) is 8.63. The van der Waals surface area contributed by atoms with Crippen molar-refractivity contribution in [2.45, 2.75) is 24.8 Å². The van der Waals surface area contributed by atoms with E-state index in [-0.39, 0.29) is 5.92 Å². The molecule has 0 amide bonds. The number of benzene rings is 3. The zero-order valence-corrected chi connectivity index (χ0v) is 20.0. The Balaban J connectivity index is 1.57. The van der Waals surface area contributed by atoms with Crippen LogP contribution in [-0.2, 0) is 16.7 Å². The molecule has 1 aliphatic rings. The summed E-state index contributed by atoms with van der Waals surface area (Å²) in [6.45, 7) is 4.54. The normalized spacial score (nSPS) is 15.9. The van der Waals surface area contributed by atoms with E-state index in [9.17, 15) is 0 Å². The zero-order chi connectivity index (χ0) is 23.9. The molecule has 3 aromatic carbocycles. The van der Waals surface area contributed by atoms with Crippen molar-refractivity contribution in [1.29, 1.82) is 0 Å². The molecule has 0 radical (unpaired) electrons. The van der Waals surface area contributed by atoms with Crippen molar-refractivity contribution in [3.05, 3.63) is 119 Å². The van der Waals surface area contributed by atoms with Gasteiger partial charge in [0.15, 0.2) is 5.82 Å². The molecule has 1 atom stereocenters. The lowest BCUT2D eigenvalue weighted by molar-refractivity contribution is 0.149. The molecule has 0 fully saturated rings. The van der Waals surface area contributed by atoms with E-state index in [4.69, 9.17) is 14.3 Å². The maximum absolute atomic E-state index is 5.70. The van der Waals surface area contributed by atoms with E-state index < -0.39 is 5.54 Å². The summed E-state index contributed by atoms with van der Waals surface area (Å²) in [7, 11) is 0. The molecule has 0 spiro atoms. The Hall–Kier alpha value is -3.77. The molecule has 0 N–H and O–H groups in total. The molecule has 0 saturated carbocycles. The van der Waals surface area contributed by atoms with Gasteiger partial charge in [0.2, 0.25) is 5.89 Å². The van der Waals surface area contributed by atoms with Gasteiger partial charge in [-0.1, -0.05) is 96.2 Å². The van der Waals surface area contributed by atoms with Gasteiger partial charge in [0, 0.05) is 19.6 Å². The molecule has 35 heavy (non-hydrogen) atoms. The maximum atomic E-state index is 5.70. The number of hydrogen-bond acceptors (Lipinski definition) is 6. The molecule has 1 unspecified atom stereocenters. The number of rotatable bonds is 9. The molecule has 4 aromatic rings. The minimum Gasteiger partial charge on any atom is -0.381 e. The van der Waals surface area contributed by atoms with E-state index in [1.54, 1.807) is 0 Å². The topological polar surface area (TPSA) is 63.8 Å². The van der Waals surface area contributed by atoms with Crippen molar-refractivity contribution >= 4 is 6.34 Å². The summed E-state index contributed by atoms with van der Waals surface area (Å²) >= 11 is 0. The summed E-state index contributed by atoms with van der Waals surface area (Å²) < 4.78 is 11.1. The Morgan fingerprint density at radius 2 is 1.46 bits per heavy atom. The first kappa shape index (κ1) is 23.0. The molecule has 6 heteroatoms. The Bertz CT molecular complexity index is 1130. The highest BCUT2D eigenvalue weighted by molar-refractivity contribution is 5.64. The van der Waals surface area contributed by atoms with Gasteiger partial charge in [-0.2, -0.15) is 4.98 Å². The van der Waals surface area contributed by atoms with Crippen LogP contribution in [-0.4, -0.2) is 47.7 Å². The zero-order valence-electron chi connectivity index (χ0n) is 20.0. The van der Waals surface area contributed by atoms with Gasteiger partial charge >= 0.3 is 0 Å². The third-order valence-corrected chi connectivity index (χ3v) is 6.48. The lowest BCUT2D eigenvalue weighted by atomic mass is 9.75. The minimum atomic E-state index is -0.566. The first-order valence-corrected chi connectivity index (χ1v) is 12.2. The standard InChI is InChI=1S/C29H30N4O2/c1-2-34-19-18-27-31-28(35-32-27)23-20-30-22-33(21-23)29(24-12-6-3-7-13-24,25-14-8-4-9-15-25)26-16-10-5-11-17-26/h3-17,22-23H,2,18-21H2,1H3. The molecule has 1 aliphatic heterocycles. The van der Waals surface area contributed by atoms with Gasteiger partial charge < -0.3 is 14.2 Å². The lowest BCUT2D eigenvalue weighted by Crippen LogP contribution is -2.50. The average Bonchev–Trinajstić information content (AvgIpc) is 3.41. The van der Waals surface area contributed by atoms with Crippen molar-refractivity contribution in [3.8, 4) is 0 Å². The molecule has 5 rings (SSSR count). The maximum Gasteiger partial charge on any atom is 0.233 e. The predicted octanol–water partition coefficient (Wildman–Crippen LogP) is 5.07. The predicted molar refractivity (Wildman–Crippen MR) is 137 cm³/mol. The molecule has 178 valence electrons. The van der Waals surface area contributed by atoms with Crippen molar-refractivity contribution in [3.63, 3.8) is 0 Å². The Morgan fingerprint density at radius 1 is 0.886 bits per heavy atom. The SMILES string of the molecule is CCOCCc1noc(C2CN=CN(C(c3ccccc3)(c3ccccc3)c3ccccc3)C2)n1. The number of nitrogens with zero attached hydrogens (tertiary/aromatic N) is 4. The number of aliphatic imine (C=N–C) groups is 1. The molecule has 1 aromatic heterocycles. The van der Waals surface area contributed by atoms with E-state index in [1.165, 1.54) is 16.7 Å². The van der Waals surface area contributed by atoms with Gasteiger partial charge in [0.25, 0.3) is 0 Å². The quantitative estimate of drug-likeness (QED) is 0.255.